The van der Waals surface area contributed by atoms with Gasteiger partial charge in [-0.15, -0.1) is 0 Å². The molecule has 1 aliphatic heterocycles. The summed E-state index contributed by atoms with van der Waals surface area (Å²) in [6, 6.07) is 3.01. The van der Waals surface area contributed by atoms with Gasteiger partial charge in [-0.25, -0.2) is 13.8 Å². The van der Waals surface area contributed by atoms with Gasteiger partial charge in [0.2, 0.25) is 5.91 Å². The number of hydrogen-bond acceptors (Lipinski definition) is 4. The van der Waals surface area contributed by atoms with E-state index in [1.807, 2.05) is 0 Å². The Kier molecular flexibility index (Phi) is 4.84. The normalized spacial score (nSPS) is 20.5. The number of aromatic nitrogens is 3. The lowest BCUT2D eigenvalue weighted by Gasteiger charge is -2.22. The van der Waals surface area contributed by atoms with Gasteiger partial charge in [-0.05, 0) is 30.2 Å². The summed E-state index contributed by atoms with van der Waals surface area (Å²) in [6.07, 6.45) is 2.14. The van der Waals surface area contributed by atoms with E-state index in [1.165, 1.54) is 6.33 Å². The maximum atomic E-state index is 13.7. The quantitative estimate of drug-likeness (QED) is 0.907. The summed E-state index contributed by atoms with van der Waals surface area (Å²) >= 11 is 0. The van der Waals surface area contributed by atoms with Gasteiger partial charge in [0, 0.05) is 26.5 Å². The average molecular weight is 336 g/mol. The highest BCUT2D eigenvalue weighted by Crippen LogP contribution is 2.32. The molecule has 0 unspecified atom stereocenters. The van der Waals surface area contributed by atoms with E-state index < -0.39 is 11.6 Å². The van der Waals surface area contributed by atoms with Crippen molar-refractivity contribution in [3.63, 3.8) is 0 Å². The van der Waals surface area contributed by atoms with Gasteiger partial charge < -0.3 is 9.64 Å². The Morgan fingerprint density at radius 2 is 2.29 bits per heavy atom. The molecule has 1 fully saturated rings. The lowest BCUT2D eigenvalue weighted by atomic mass is 10.1. The van der Waals surface area contributed by atoms with E-state index in [0.717, 1.165) is 18.2 Å². The number of rotatable bonds is 5. The number of aryl methyl sites for hydroxylation is 1. The third-order valence-corrected chi connectivity index (χ3v) is 4.28. The lowest BCUT2D eigenvalue weighted by molar-refractivity contribution is -0.132. The predicted molar refractivity (Wildman–Crippen MR) is 80.9 cm³/mol. The monoisotopic (exact) mass is 336 g/mol. The highest BCUT2D eigenvalue weighted by atomic mass is 19.1. The minimum atomic E-state index is -0.515. The van der Waals surface area contributed by atoms with Gasteiger partial charge in [-0.1, -0.05) is 0 Å². The second-order valence-corrected chi connectivity index (χ2v) is 5.76. The Balaban J connectivity index is 1.69. The van der Waals surface area contributed by atoms with Crippen LogP contribution in [0.15, 0.2) is 24.5 Å². The van der Waals surface area contributed by atoms with Crippen molar-refractivity contribution in [1.29, 1.82) is 0 Å². The number of aromatic amines is 1. The first-order chi connectivity index (χ1) is 11.6. The molecule has 0 radical (unpaired) electrons. The largest absolute Gasteiger partial charge is 0.380 e. The number of carbonyl (C=O) groups excluding carboxylic acids is 1. The van der Waals surface area contributed by atoms with Gasteiger partial charge in [-0.2, -0.15) is 5.10 Å². The zero-order valence-electron chi connectivity index (χ0n) is 13.2. The first-order valence-electron chi connectivity index (χ1n) is 7.70. The molecule has 1 aromatic heterocycles. The van der Waals surface area contributed by atoms with Gasteiger partial charge >= 0.3 is 0 Å². The molecule has 128 valence electrons. The molecule has 0 saturated carbocycles. The van der Waals surface area contributed by atoms with E-state index >= 15 is 0 Å². The number of nitrogens with zero attached hydrogens (tertiary/aromatic N) is 3. The molecular weight excluding hydrogens is 318 g/mol. The van der Waals surface area contributed by atoms with E-state index in [4.69, 9.17) is 4.74 Å². The van der Waals surface area contributed by atoms with Crippen LogP contribution >= 0.6 is 0 Å². The van der Waals surface area contributed by atoms with E-state index in [9.17, 15) is 13.6 Å². The van der Waals surface area contributed by atoms with Crippen molar-refractivity contribution in [2.75, 3.05) is 13.7 Å². The van der Waals surface area contributed by atoms with Crippen molar-refractivity contribution >= 4 is 5.91 Å². The van der Waals surface area contributed by atoms with E-state index in [2.05, 4.69) is 15.2 Å². The molecule has 1 saturated heterocycles. The zero-order chi connectivity index (χ0) is 17.1. The fraction of sp³-hybridized carbons (Fsp3) is 0.438. The number of halogens is 2. The van der Waals surface area contributed by atoms with E-state index in [1.54, 1.807) is 12.0 Å². The van der Waals surface area contributed by atoms with Crippen LogP contribution < -0.4 is 0 Å². The molecule has 2 aromatic rings. The average Bonchev–Trinajstić information content (AvgIpc) is 3.24. The molecule has 1 aliphatic rings. The van der Waals surface area contributed by atoms with Gasteiger partial charge in [0.25, 0.3) is 0 Å². The number of hydrogen-bond donors (Lipinski definition) is 1. The Morgan fingerprint density at radius 3 is 3.00 bits per heavy atom. The Hall–Kier alpha value is -2.35. The highest BCUT2D eigenvalue weighted by molar-refractivity contribution is 5.77. The summed E-state index contributed by atoms with van der Waals surface area (Å²) in [4.78, 5) is 18.4. The van der Waals surface area contributed by atoms with Crippen LogP contribution in [0.2, 0.25) is 0 Å². The summed E-state index contributed by atoms with van der Waals surface area (Å²) in [5.41, 5.74) is 0.196. The van der Waals surface area contributed by atoms with Crippen LogP contribution in [0.3, 0.4) is 0 Å². The lowest BCUT2D eigenvalue weighted by Crippen LogP contribution is -2.32. The maximum absolute atomic E-state index is 13.7. The SMILES string of the molecule is CO[C@@H]1C[C@@H](c2ncn[nH]2)N(C(=O)CCc2cc(F)ccc2F)C1. The van der Waals surface area contributed by atoms with Crippen molar-refractivity contribution in [1.82, 2.24) is 20.1 Å². The van der Waals surface area contributed by atoms with Gasteiger partial charge in [-0.3, -0.25) is 9.89 Å². The van der Waals surface area contributed by atoms with Gasteiger partial charge in [0.05, 0.1) is 12.1 Å². The van der Waals surface area contributed by atoms with Crippen LogP contribution in [-0.4, -0.2) is 45.7 Å². The molecule has 0 aliphatic carbocycles. The molecule has 1 amide bonds. The molecule has 3 rings (SSSR count). The number of amides is 1. The van der Waals surface area contributed by atoms with E-state index in [-0.39, 0.29) is 36.5 Å². The summed E-state index contributed by atoms with van der Waals surface area (Å²) in [5.74, 6) is -0.578. The van der Waals surface area contributed by atoms with Crippen molar-refractivity contribution in [3.05, 3.63) is 47.5 Å². The Labute approximate surface area is 137 Å². The number of ether oxygens (including phenoxy) is 1. The number of likely N-dealkylation sites (tertiary alicyclic amines) is 1. The second kappa shape index (κ2) is 7.04. The van der Waals surface area contributed by atoms with E-state index in [0.29, 0.717) is 18.8 Å². The van der Waals surface area contributed by atoms with Gasteiger partial charge in [0.1, 0.15) is 23.8 Å². The number of carbonyl (C=O) groups is 1. The van der Waals surface area contributed by atoms with Crippen LogP contribution in [0.5, 0.6) is 0 Å². The molecule has 2 atom stereocenters. The predicted octanol–water partition coefficient (Wildman–Crippen LogP) is 2.00. The van der Waals surface area contributed by atoms with Crippen LogP contribution in [0.4, 0.5) is 8.78 Å². The van der Waals surface area contributed by atoms with Crippen molar-refractivity contribution in [2.24, 2.45) is 0 Å². The third kappa shape index (κ3) is 3.43. The highest BCUT2D eigenvalue weighted by Gasteiger charge is 2.37. The van der Waals surface area contributed by atoms with Crippen LogP contribution in [-0.2, 0) is 16.0 Å². The van der Waals surface area contributed by atoms with Crippen molar-refractivity contribution in [3.8, 4) is 0 Å². The topological polar surface area (TPSA) is 71.1 Å². The van der Waals surface area contributed by atoms with Crippen LogP contribution in [0.1, 0.15) is 30.3 Å². The summed E-state index contributed by atoms with van der Waals surface area (Å²) in [6.45, 7) is 0.437. The smallest absolute Gasteiger partial charge is 0.223 e. The number of benzene rings is 1. The molecule has 24 heavy (non-hydrogen) atoms. The Bertz CT molecular complexity index is 708. The van der Waals surface area contributed by atoms with Crippen molar-refractivity contribution < 1.29 is 18.3 Å². The molecule has 0 bridgehead atoms. The minimum Gasteiger partial charge on any atom is -0.380 e. The zero-order valence-corrected chi connectivity index (χ0v) is 13.2. The molecule has 1 aromatic carbocycles. The Morgan fingerprint density at radius 1 is 1.46 bits per heavy atom. The molecule has 1 N–H and O–H groups in total. The molecule has 6 nitrogen and oxygen atoms in total. The standard InChI is InChI=1S/C16H18F2N4O2/c1-24-12-7-14(16-19-9-20-21-16)22(8-12)15(23)5-2-10-6-11(17)3-4-13(10)18/h3-4,6,9,12,14H,2,5,7-8H2,1H3,(H,19,20,21)/t12-,14+/m1/s1. The van der Waals surface area contributed by atoms with Crippen molar-refractivity contribution in [2.45, 2.75) is 31.4 Å². The number of methoxy groups -OCH3 is 1. The fourth-order valence-corrected chi connectivity index (χ4v) is 3.00. The maximum Gasteiger partial charge on any atom is 0.223 e. The minimum absolute atomic E-state index is 0.0848. The first-order valence-corrected chi connectivity index (χ1v) is 7.70. The molecule has 2 heterocycles. The summed E-state index contributed by atoms with van der Waals surface area (Å²) in [5, 5.41) is 6.60. The van der Waals surface area contributed by atoms with Crippen LogP contribution in [0.25, 0.3) is 0 Å². The fourth-order valence-electron chi connectivity index (χ4n) is 3.00. The second-order valence-electron chi connectivity index (χ2n) is 5.76. The summed E-state index contributed by atoms with van der Waals surface area (Å²) < 4.78 is 32.3. The van der Waals surface area contributed by atoms with Gasteiger partial charge in [0.15, 0.2) is 0 Å². The number of nitrogens with one attached hydrogen (secondary N) is 1. The number of H-pyrrole nitrogens is 1. The van der Waals surface area contributed by atoms with Crippen LogP contribution in [0, 0.1) is 11.6 Å². The molecule has 8 heteroatoms. The summed E-state index contributed by atoms with van der Waals surface area (Å²) in [7, 11) is 1.60. The molecule has 0 spiro atoms. The molecular formula is C16H18F2N4O2. The third-order valence-electron chi connectivity index (χ3n) is 4.28. The first kappa shape index (κ1) is 16.5.